The zero-order valence-electron chi connectivity index (χ0n) is 8.99. The fourth-order valence-corrected chi connectivity index (χ4v) is 1.83. The van der Waals surface area contributed by atoms with Crippen molar-refractivity contribution in [2.24, 2.45) is 0 Å². The van der Waals surface area contributed by atoms with E-state index >= 15 is 0 Å². The van der Waals surface area contributed by atoms with Crippen LogP contribution in [0, 0.1) is 0 Å². The summed E-state index contributed by atoms with van der Waals surface area (Å²) in [5.41, 5.74) is -0.360. The summed E-state index contributed by atoms with van der Waals surface area (Å²) in [5, 5.41) is 13.0. The summed E-state index contributed by atoms with van der Waals surface area (Å²) in [4.78, 5) is 11.7. The molecule has 4 nitrogen and oxygen atoms in total. The lowest BCUT2D eigenvalue weighted by Gasteiger charge is -2.21. The summed E-state index contributed by atoms with van der Waals surface area (Å²) in [6, 6.07) is 7.05. The number of hydrogen-bond donors (Lipinski definition) is 2. The number of rotatable bonds is 3. The Labute approximate surface area is 93.5 Å². The summed E-state index contributed by atoms with van der Waals surface area (Å²) in [6.45, 7) is 3.63. The van der Waals surface area contributed by atoms with E-state index in [1.807, 2.05) is 0 Å². The fraction of sp³-hybridized carbons (Fsp3) is 0.250. The molecule has 4 heteroatoms. The number of para-hydroxylation sites is 1. The molecule has 1 heterocycles. The van der Waals surface area contributed by atoms with Crippen LogP contribution in [0.5, 0.6) is 0 Å². The molecule has 0 spiro atoms. The van der Waals surface area contributed by atoms with E-state index in [0.29, 0.717) is 17.0 Å². The monoisotopic (exact) mass is 219 g/mol. The predicted octanol–water partition coefficient (Wildman–Crippen LogP) is 1.38. The van der Waals surface area contributed by atoms with Gasteiger partial charge < -0.3 is 15.2 Å². The van der Waals surface area contributed by atoms with Crippen LogP contribution in [0.25, 0.3) is 0 Å². The smallest absolute Gasteiger partial charge is 0.261 e. The molecule has 1 aliphatic heterocycles. The van der Waals surface area contributed by atoms with Gasteiger partial charge in [-0.2, -0.15) is 0 Å². The van der Waals surface area contributed by atoms with E-state index in [1.54, 1.807) is 24.3 Å². The molecule has 0 fully saturated rings. The maximum absolute atomic E-state index is 11.7. The van der Waals surface area contributed by atoms with Gasteiger partial charge in [-0.1, -0.05) is 24.8 Å². The van der Waals surface area contributed by atoms with Crippen molar-refractivity contribution in [3.63, 3.8) is 0 Å². The minimum Gasteiger partial charge on any atom is -0.502 e. The van der Waals surface area contributed by atoms with Crippen molar-refractivity contribution < 1.29 is 14.6 Å². The van der Waals surface area contributed by atoms with Crippen molar-refractivity contribution in [2.45, 2.75) is 12.0 Å². The summed E-state index contributed by atoms with van der Waals surface area (Å²) >= 11 is 0. The Morgan fingerprint density at radius 2 is 2.25 bits per heavy atom. The molecule has 0 saturated carbocycles. The second-order valence-electron chi connectivity index (χ2n) is 3.78. The van der Waals surface area contributed by atoms with Crippen LogP contribution in [0.1, 0.15) is 12.0 Å². The number of amides is 1. The van der Waals surface area contributed by atoms with Crippen molar-refractivity contribution in [1.82, 2.24) is 0 Å². The highest BCUT2D eigenvalue weighted by atomic mass is 16.5. The Balaban J connectivity index is 2.40. The third-order valence-electron chi connectivity index (χ3n) is 2.74. The molecule has 0 unspecified atom stereocenters. The summed E-state index contributed by atoms with van der Waals surface area (Å²) in [5.74, 6) is -0.0683. The maximum atomic E-state index is 11.7. The largest absolute Gasteiger partial charge is 0.502 e. The van der Waals surface area contributed by atoms with E-state index in [1.165, 1.54) is 7.11 Å². The van der Waals surface area contributed by atoms with Gasteiger partial charge >= 0.3 is 0 Å². The van der Waals surface area contributed by atoms with Gasteiger partial charge in [-0.15, -0.1) is 0 Å². The maximum Gasteiger partial charge on any atom is 0.261 e. The molecule has 84 valence electrons. The van der Waals surface area contributed by atoms with Crippen LogP contribution in [-0.4, -0.2) is 18.1 Å². The van der Waals surface area contributed by atoms with Crippen molar-refractivity contribution in [3.8, 4) is 0 Å². The average Bonchev–Trinajstić information content (AvgIpc) is 2.52. The normalized spacial score (nSPS) is 22.5. The van der Waals surface area contributed by atoms with E-state index < -0.39 is 11.5 Å². The molecule has 1 atom stereocenters. The molecule has 1 amide bonds. The number of anilines is 1. The van der Waals surface area contributed by atoms with Gasteiger partial charge in [0, 0.05) is 17.7 Å². The van der Waals surface area contributed by atoms with Gasteiger partial charge in [0.25, 0.3) is 5.91 Å². The lowest BCUT2D eigenvalue weighted by Crippen LogP contribution is -2.34. The number of methoxy groups -OCH3 is 1. The number of ether oxygens (including phenoxy) is 1. The number of fused-ring (bicyclic) bond motifs is 1. The molecule has 2 N–H and O–H groups in total. The fourth-order valence-electron chi connectivity index (χ4n) is 1.83. The minimum atomic E-state index is -1.57. The molecule has 0 aromatic heterocycles. The van der Waals surface area contributed by atoms with E-state index in [-0.39, 0.29) is 6.42 Å². The Morgan fingerprint density at radius 3 is 2.94 bits per heavy atom. The minimum absolute atomic E-state index is 0.0619. The Bertz CT molecular complexity index is 455. The highest BCUT2D eigenvalue weighted by molar-refractivity contribution is 6.05. The number of nitrogens with one attached hydrogen (secondary N) is 1. The molecule has 2 rings (SSSR count). The van der Waals surface area contributed by atoms with Crippen LogP contribution >= 0.6 is 0 Å². The number of hydrogen-bond acceptors (Lipinski definition) is 3. The molecule has 0 saturated heterocycles. The molecule has 0 radical (unpaired) electrons. The van der Waals surface area contributed by atoms with Crippen LogP contribution in [0.4, 0.5) is 5.69 Å². The van der Waals surface area contributed by atoms with Crippen molar-refractivity contribution >= 4 is 11.6 Å². The number of carbonyl (C=O) groups is 1. The quantitative estimate of drug-likeness (QED) is 0.755. The molecule has 1 aromatic carbocycles. The van der Waals surface area contributed by atoms with Crippen LogP contribution in [-0.2, 0) is 15.1 Å². The van der Waals surface area contributed by atoms with Crippen LogP contribution < -0.4 is 5.32 Å². The number of benzene rings is 1. The van der Waals surface area contributed by atoms with E-state index in [4.69, 9.17) is 4.74 Å². The van der Waals surface area contributed by atoms with Crippen molar-refractivity contribution in [1.29, 1.82) is 0 Å². The first-order valence-corrected chi connectivity index (χ1v) is 4.93. The number of carbonyl (C=O) groups excluding carboxylic acids is 1. The molecule has 1 aromatic rings. The van der Waals surface area contributed by atoms with Crippen LogP contribution in [0.15, 0.2) is 36.6 Å². The first-order valence-electron chi connectivity index (χ1n) is 4.93. The summed E-state index contributed by atoms with van der Waals surface area (Å²) in [6.07, 6.45) is 0.0619. The lowest BCUT2D eigenvalue weighted by atomic mass is 9.91. The van der Waals surface area contributed by atoms with E-state index in [0.717, 1.165) is 0 Å². The highest BCUT2D eigenvalue weighted by Gasteiger charge is 2.45. The zero-order chi connectivity index (χ0) is 11.8. The molecule has 0 aliphatic carbocycles. The van der Waals surface area contributed by atoms with Gasteiger partial charge in [0.2, 0.25) is 0 Å². The lowest BCUT2D eigenvalue weighted by molar-refractivity contribution is -0.134. The molecular weight excluding hydrogens is 206 g/mol. The van der Waals surface area contributed by atoms with Gasteiger partial charge in [-0.25, -0.2) is 0 Å². The third-order valence-corrected chi connectivity index (χ3v) is 2.74. The second kappa shape index (κ2) is 3.64. The van der Waals surface area contributed by atoms with Gasteiger partial charge in [0.1, 0.15) is 0 Å². The van der Waals surface area contributed by atoms with Gasteiger partial charge in [-0.05, 0) is 6.07 Å². The Morgan fingerprint density at radius 1 is 1.56 bits per heavy atom. The van der Waals surface area contributed by atoms with Gasteiger partial charge in [0.05, 0.1) is 12.9 Å². The van der Waals surface area contributed by atoms with Gasteiger partial charge in [-0.3, -0.25) is 4.79 Å². The first-order chi connectivity index (χ1) is 7.58. The number of aliphatic hydroxyl groups is 1. The van der Waals surface area contributed by atoms with Crippen molar-refractivity contribution in [3.05, 3.63) is 42.2 Å². The Kier molecular flexibility index (Phi) is 2.44. The van der Waals surface area contributed by atoms with Crippen molar-refractivity contribution in [2.75, 3.05) is 12.4 Å². The van der Waals surface area contributed by atoms with E-state index in [2.05, 4.69) is 11.9 Å². The molecule has 16 heavy (non-hydrogen) atoms. The SMILES string of the molecule is C=C(C[C@]1(O)C(=O)Nc2ccccc21)OC. The second-order valence-corrected chi connectivity index (χ2v) is 3.78. The van der Waals surface area contributed by atoms with Gasteiger partial charge in [0.15, 0.2) is 5.60 Å². The molecule has 0 bridgehead atoms. The topological polar surface area (TPSA) is 58.6 Å². The highest BCUT2D eigenvalue weighted by Crippen LogP contribution is 2.39. The third kappa shape index (κ3) is 1.47. The van der Waals surface area contributed by atoms with Crippen LogP contribution in [0.2, 0.25) is 0 Å². The van der Waals surface area contributed by atoms with E-state index in [9.17, 15) is 9.90 Å². The first kappa shape index (κ1) is 10.7. The summed E-state index contributed by atoms with van der Waals surface area (Å²) in [7, 11) is 1.46. The summed E-state index contributed by atoms with van der Waals surface area (Å²) < 4.78 is 4.91. The van der Waals surface area contributed by atoms with Crippen LogP contribution in [0.3, 0.4) is 0 Å². The molecule has 1 aliphatic rings. The predicted molar refractivity (Wildman–Crippen MR) is 59.7 cm³/mol. The standard InChI is InChI=1S/C12H13NO3/c1-8(16-2)7-12(15)9-5-3-4-6-10(9)13-11(12)14/h3-6,15H,1,7H2,2H3,(H,13,14)/t12-/m1/s1. The molecular formula is C12H13NO3. The Hall–Kier alpha value is -1.81. The average molecular weight is 219 g/mol. The zero-order valence-corrected chi connectivity index (χ0v) is 8.99.